The van der Waals surface area contributed by atoms with E-state index in [1.165, 1.54) is 30.3 Å². The first-order valence-electron chi connectivity index (χ1n) is 6.61. The van der Waals surface area contributed by atoms with E-state index in [2.05, 4.69) is 5.32 Å². The normalized spacial score (nSPS) is 14.4. The molecule has 2 aromatic rings. The van der Waals surface area contributed by atoms with Crippen LogP contribution in [0, 0.1) is 10.1 Å². The van der Waals surface area contributed by atoms with Crippen LogP contribution in [-0.2, 0) is 4.79 Å². The number of carboxylic acids is 1. The summed E-state index contributed by atoms with van der Waals surface area (Å²) in [5, 5.41) is 22.4. The van der Waals surface area contributed by atoms with Crippen molar-refractivity contribution in [2.24, 2.45) is 0 Å². The maximum absolute atomic E-state index is 12.0. The molecule has 2 N–H and O–H groups in total. The van der Waals surface area contributed by atoms with Crippen LogP contribution in [0.5, 0.6) is 0 Å². The third kappa shape index (κ3) is 2.67. The standard InChI is InChI=1S/C16H10N2O5/c19-15-13(7-9-1-3-10(4-2-9)16(20)21)12-8-11(18(22)23)5-6-14(12)17-15/h1-8H,(H,17,19)(H,20,21)/b13-7-. The van der Waals surface area contributed by atoms with Crippen molar-refractivity contribution >= 4 is 34.9 Å². The lowest BCUT2D eigenvalue weighted by Crippen LogP contribution is -2.03. The highest BCUT2D eigenvalue weighted by molar-refractivity contribution is 6.35. The van der Waals surface area contributed by atoms with Crippen LogP contribution in [0.2, 0.25) is 0 Å². The Balaban J connectivity index is 2.03. The number of nitrogens with zero attached hydrogens (tertiary/aromatic N) is 1. The molecule has 3 rings (SSSR count). The van der Waals surface area contributed by atoms with Gasteiger partial charge in [0.05, 0.1) is 10.5 Å². The Morgan fingerprint density at radius 2 is 1.87 bits per heavy atom. The van der Waals surface area contributed by atoms with Crippen molar-refractivity contribution in [2.75, 3.05) is 5.32 Å². The summed E-state index contributed by atoms with van der Waals surface area (Å²) in [7, 11) is 0. The van der Waals surface area contributed by atoms with Crippen LogP contribution >= 0.6 is 0 Å². The van der Waals surface area contributed by atoms with E-state index in [4.69, 9.17) is 5.11 Å². The van der Waals surface area contributed by atoms with Gasteiger partial charge in [-0.25, -0.2) is 4.79 Å². The summed E-state index contributed by atoms with van der Waals surface area (Å²) in [6, 6.07) is 10.1. The molecule has 23 heavy (non-hydrogen) atoms. The van der Waals surface area contributed by atoms with Crippen molar-refractivity contribution in [3.05, 3.63) is 69.3 Å². The van der Waals surface area contributed by atoms with Gasteiger partial charge in [0.1, 0.15) is 0 Å². The molecular weight excluding hydrogens is 300 g/mol. The summed E-state index contributed by atoms with van der Waals surface area (Å²) < 4.78 is 0. The van der Waals surface area contributed by atoms with Crippen LogP contribution in [0.15, 0.2) is 42.5 Å². The molecule has 0 aromatic heterocycles. The fourth-order valence-electron chi connectivity index (χ4n) is 2.32. The summed E-state index contributed by atoms with van der Waals surface area (Å²) in [5.41, 5.74) is 1.92. The molecule has 0 bridgehead atoms. The Hall–Kier alpha value is -3.48. The largest absolute Gasteiger partial charge is 0.478 e. The topological polar surface area (TPSA) is 110 Å². The van der Waals surface area contributed by atoms with Gasteiger partial charge in [-0.3, -0.25) is 14.9 Å². The summed E-state index contributed by atoms with van der Waals surface area (Å²) in [6.07, 6.45) is 1.57. The average Bonchev–Trinajstić information content (AvgIpc) is 2.83. The second-order valence-electron chi connectivity index (χ2n) is 4.93. The van der Waals surface area contributed by atoms with E-state index < -0.39 is 10.9 Å². The minimum absolute atomic E-state index is 0.104. The predicted octanol–water partition coefficient (Wildman–Crippen LogP) is 2.79. The highest BCUT2D eigenvalue weighted by Gasteiger charge is 2.26. The Bertz CT molecular complexity index is 869. The van der Waals surface area contributed by atoms with Crippen LogP contribution in [0.4, 0.5) is 11.4 Å². The molecule has 0 saturated heterocycles. The van der Waals surface area contributed by atoms with Gasteiger partial charge < -0.3 is 10.4 Å². The van der Waals surface area contributed by atoms with E-state index in [9.17, 15) is 19.7 Å². The number of amides is 1. The quantitative estimate of drug-likeness (QED) is 0.514. The number of carboxylic acid groups (broad SMARTS) is 1. The van der Waals surface area contributed by atoms with Gasteiger partial charge in [0.2, 0.25) is 0 Å². The number of carbonyl (C=O) groups is 2. The van der Waals surface area contributed by atoms with Crippen LogP contribution in [0.1, 0.15) is 21.5 Å². The van der Waals surface area contributed by atoms with Crippen molar-refractivity contribution in [3.8, 4) is 0 Å². The zero-order valence-electron chi connectivity index (χ0n) is 11.6. The van der Waals surface area contributed by atoms with Crippen LogP contribution in [0.3, 0.4) is 0 Å². The van der Waals surface area contributed by atoms with Gasteiger partial charge in [0.15, 0.2) is 0 Å². The zero-order chi connectivity index (χ0) is 16.6. The number of fused-ring (bicyclic) bond motifs is 1. The van der Waals surface area contributed by atoms with Gasteiger partial charge >= 0.3 is 5.97 Å². The number of anilines is 1. The summed E-state index contributed by atoms with van der Waals surface area (Å²) in [4.78, 5) is 33.2. The molecule has 1 amide bonds. The first kappa shape index (κ1) is 14.5. The molecule has 1 heterocycles. The minimum atomic E-state index is -1.04. The molecule has 0 saturated carbocycles. The maximum Gasteiger partial charge on any atom is 0.335 e. The lowest BCUT2D eigenvalue weighted by molar-refractivity contribution is -0.384. The number of non-ortho nitro benzene ring substituents is 1. The smallest absolute Gasteiger partial charge is 0.335 e. The number of rotatable bonds is 3. The number of benzene rings is 2. The van der Waals surface area contributed by atoms with E-state index in [1.807, 2.05) is 0 Å². The monoisotopic (exact) mass is 310 g/mol. The summed E-state index contributed by atoms with van der Waals surface area (Å²) >= 11 is 0. The first-order chi connectivity index (χ1) is 11.0. The number of hydrogen-bond donors (Lipinski definition) is 2. The Labute approximate surface area is 130 Å². The van der Waals surface area contributed by atoms with Crippen LogP contribution in [0.25, 0.3) is 11.6 Å². The Morgan fingerprint density at radius 3 is 2.48 bits per heavy atom. The second kappa shape index (κ2) is 5.38. The van der Waals surface area contributed by atoms with Gasteiger partial charge in [-0.05, 0) is 29.8 Å². The van der Waals surface area contributed by atoms with Gasteiger partial charge in [-0.1, -0.05) is 12.1 Å². The van der Waals surface area contributed by atoms with Crippen molar-refractivity contribution in [3.63, 3.8) is 0 Å². The number of nitro benzene ring substituents is 1. The van der Waals surface area contributed by atoms with Crippen molar-refractivity contribution < 1.29 is 19.6 Å². The first-order valence-corrected chi connectivity index (χ1v) is 6.61. The molecule has 0 fully saturated rings. The predicted molar refractivity (Wildman–Crippen MR) is 83.0 cm³/mol. The molecule has 1 aliphatic rings. The molecular formula is C16H10N2O5. The van der Waals surface area contributed by atoms with E-state index in [0.717, 1.165) is 0 Å². The van der Waals surface area contributed by atoms with Crippen LogP contribution in [-0.4, -0.2) is 21.9 Å². The van der Waals surface area contributed by atoms with Crippen molar-refractivity contribution in [2.45, 2.75) is 0 Å². The zero-order valence-corrected chi connectivity index (χ0v) is 11.6. The van der Waals surface area contributed by atoms with E-state index in [1.54, 1.807) is 18.2 Å². The lowest BCUT2D eigenvalue weighted by atomic mass is 10.0. The lowest BCUT2D eigenvalue weighted by Gasteiger charge is -2.00. The van der Waals surface area contributed by atoms with Crippen molar-refractivity contribution in [1.82, 2.24) is 0 Å². The van der Waals surface area contributed by atoms with E-state index in [0.29, 0.717) is 22.4 Å². The molecule has 0 spiro atoms. The summed E-state index contributed by atoms with van der Waals surface area (Å²) in [6.45, 7) is 0. The molecule has 0 atom stereocenters. The van der Waals surface area contributed by atoms with Crippen LogP contribution < -0.4 is 5.32 Å². The highest BCUT2D eigenvalue weighted by Crippen LogP contribution is 2.35. The van der Waals surface area contributed by atoms with E-state index in [-0.39, 0.29) is 17.2 Å². The maximum atomic E-state index is 12.0. The highest BCUT2D eigenvalue weighted by atomic mass is 16.6. The molecule has 7 heteroatoms. The molecule has 0 unspecified atom stereocenters. The average molecular weight is 310 g/mol. The van der Waals surface area contributed by atoms with Gasteiger partial charge in [-0.15, -0.1) is 0 Å². The number of aromatic carboxylic acids is 1. The molecule has 1 aliphatic heterocycles. The van der Waals surface area contributed by atoms with Gasteiger partial charge in [0.25, 0.3) is 11.6 Å². The Kier molecular flexibility index (Phi) is 3.38. The molecule has 2 aromatic carbocycles. The minimum Gasteiger partial charge on any atom is -0.478 e. The summed E-state index contributed by atoms with van der Waals surface area (Å²) in [5.74, 6) is -1.40. The second-order valence-corrected chi connectivity index (χ2v) is 4.93. The fraction of sp³-hybridized carbons (Fsp3) is 0. The number of nitro groups is 1. The SMILES string of the molecule is O=C1Nc2ccc([N+](=O)[O-])cc2/C1=C/c1ccc(C(=O)O)cc1. The fourth-order valence-corrected chi connectivity index (χ4v) is 2.32. The third-order valence-corrected chi connectivity index (χ3v) is 3.47. The molecule has 0 aliphatic carbocycles. The molecule has 114 valence electrons. The van der Waals surface area contributed by atoms with E-state index >= 15 is 0 Å². The van der Waals surface area contributed by atoms with Crippen molar-refractivity contribution in [1.29, 1.82) is 0 Å². The number of carbonyl (C=O) groups excluding carboxylic acids is 1. The molecule has 7 nitrogen and oxygen atoms in total. The van der Waals surface area contributed by atoms with Gasteiger partial charge in [0, 0.05) is 29.0 Å². The molecule has 0 radical (unpaired) electrons. The number of nitrogens with one attached hydrogen (secondary N) is 1. The Morgan fingerprint density at radius 1 is 1.17 bits per heavy atom. The van der Waals surface area contributed by atoms with Gasteiger partial charge in [-0.2, -0.15) is 0 Å². The third-order valence-electron chi connectivity index (χ3n) is 3.47. The number of hydrogen-bond acceptors (Lipinski definition) is 4.